The van der Waals surface area contributed by atoms with Gasteiger partial charge in [-0.2, -0.15) is 5.26 Å². The minimum absolute atomic E-state index is 0.511. The average molecular weight is 393 g/mol. The van der Waals surface area contributed by atoms with Crippen molar-refractivity contribution < 1.29 is 4.42 Å². The van der Waals surface area contributed by atoms with E-state index in [-0.39, 0.29) is 0 Å². The third kappa shape index (κ3) is 3.61. The van der Waals surface area contributed by atoms with Crippen LogP contribution in [-0.4, -0.2) is 19.1 Å². The second-order valence-corrected chi connectivity index (χ2v) is 7.78. The van der Waals surface area contributed by atoms with Crippen LogP contribution >= 0.6 is 0 Å². The Morgan fingerprint density at radius 3 is 2.50 bits per heavy atom. The number of benzene rings is 3. The summed E-state index contributed by atoms with van der Waals surface area (Å²) in [5.41, 5.74) is 7.24. The molecule has 0 radical (unpaired) electrons. The number of fused-ring (bicyclic) bond motifs is 1. The zero-order valence-electron chi connectivity index (χ0n) is 16.7. The van der Waals surface area contributed by atoms with Crippen molar-refractivity contribution in [3.8, 4) is 28.3 Å². The summed E-state index contributed by atoms with van der Waals surface area (Å²) in [7, 11) is 0. The highest BCUT2D eigenvalue weighted by Crippen LogP contribution is 2.37. The van der Waals surface area contributed by atoms with Crippen molar-refractivity contribution in [2.75, 3.05) is 13.1 Å². The molecular formula is C26H23N3O. The van der Waals surface area contributed by atoms with Crippen LogP contribution in [0.5, 0.6) is 0 Å². The van der Waals surface area contributed by atoms with Crippen LogP contribution in [-0.2, 0) is 6.54 Å². The monoisotopic (exact) mass is 393 g/mol. The molecular weight excluding hydrogens is 370 g/mol. The van der Waals surface area contributed by atoms with Gasteiger partial charge in [0.05, 0.1) is 17.9 Å². The Bertz CT molecular complexity index is 1200. The van der Waals surface area contributed by atoms with E-state index in [1.807, 2.05) is 36.6 Å². The van der Waals surface area contributed by atoms with Crippen LogP contribution in [0.15, 0.2) is 77.4 Å². The Labute approximate surface area is 176 Å². The van der Waals surface area contributed by atoms with Gasteiger partial charge in [-0.15, -0.1) is 0 Å². The summed E-state index contributed by atoms with van der Waals surface area (Å²) in [6.45, 7) is 2.88. The van der Waals surface area contributed by atoms with E-state index in [0.717, 1.165) is 59.3 Å². The number of nitrogens with one attached hydrogen (secondary N) is 2. The van der Waals surface area contributed by atoms with Gasteiger partial charge in [-0.3, -0.25) is 0 Å². The minimum atomic E-state index is 0.511. The van der Waals surface area contributed by atoms with Crippen LogP contribution in [0.4, 0.5) is 0 Å². The summed E-state index contributed by atoms with van der Waals surface area (Å²) < 4.78 is 5.96. The smallest absolute Gasteiger partial charge is 0.134 e. The largest absolute Gasteiger partial charge is 0.464 e. The fourth-order valence-electron chi connectivity index (χ4n) is 4.17. The normalized spacial score (nSPS) is 16.0. The maximum absolute atomic E-state index is 9.16. The second kappa shape index (κ2) is 8.16. The third-order valence-electron chi connectivity index (χ3n) is 5.85. The van der Waals surface area contributed by atoms with Gasteiger partial charge in [0.2, 0.25) is 0 Å². The molecule has 4 nitrogen and oxygen atoms in total. The van der Waals surface area contributed by atoms with Crippen LogP contribution < -0.4 is 10.6 Å². The zero-order chi connectivity index (χ0) is 20.3. The van der Waals surface area contributed by atoms with Gasteiger partial charge in [0.15, 0.2) is 0 Å². The molecule has 4 aromatic rings. The summed E-state index contributed by atoms with van der Waals surface area (Å²) in [5, 5.41) is 17.3. The molecule has 1 fully saturated rings. The van der Waals surface area contributed by atoms with Crippen molar-refractivity contribution in [1.82, 2.24) is 10.6 Å². The number of nitriles is 1. The highest BCUT2D eigenvalue weighted by atomic mass is 16.3. The maximum Gasteiger partial charge on any atom is 0.134 e. The Hall–Kier alpha value is -3.39. The van der Waals surface area contributed by atoms with E-state index in [0.29, 0.717) is 11.6 Å². The summed E-state index contributed by atoms with van der Waals surface area (Å²) in [4.78, 5) is 0. The molecule has 1 saturated heterocycles. The zero-order valence-corrected chi connectivity index (χ0v) is 16.7. The molecule has 2 N–H and O–H groups in total. The first kappa shape index (κ1) is 18.6. The van der Waals surface area contributed by atoms with Crippen molar-refractivity contribution in [3.05, 3.63) is 84.1 Å². The quantitative estimate of drug-likeness (QED) is 0.496. The average Bonchev–Trinajstić information content (AvgIpc) is 3.47. The summed E-state index contributed by atoms with van der Waals surface area (Å²) in [6, 6.07) is 25.2. The SMILES string of the molecule is N#Cc1ccc(-c2cc3c(CNC4CCNC4)coc3cc2-c2ccccc2)cc1. The molecule has 0 amide bonds. The summed E-state index contributed by atoms with van der Waals surface area (Å²) in [6.07, 6.45) is 3.03. The second-order valence-electron chi connectivity index (χ2n) is 7.78. The third-order valence-corrected chi connectivity index (χ3v) is 5.85. The van der Waals surface area contributed by atoms with E-state index in [4.69, 9.17) is 9.68 Å². The molecule has 1 aliphatic rings. The Kier molecular flexibility index (Phi) is 5.06. The first-order valence-corrected chi connectivity index (χ1v) is 10.4. The first-order valence-electron chi connectivity index (χ1n) is 10.4. The molecule has 0 saturated carbocycles. The highest BCUT2D eigenvalue weighted by Gasteiger charge is 2.17. The fourth-order valence-corrected chi connectivity index (χ4v) is 4.17. The minimum Gasteiger partial charge on any atom is -0.464 e. The van der Waals surface area contributed by atoms with Gasteiger partial charge >= 0.3 is 0 Å². The van der Waals surface area contributed by atoms with Crippen LogP contribution in [0.1, 0.15) is 17.5 Å². The van der Waals surface area contributed by atoms with E-state index < -0.39 is 0 Å². The molecule has 1 unspecified atom stereocenters. The number of hydrogen-bond acceptors (Lipinski definition) is 4. The molecule has 0 bridgehead atoms. The van der Waals surface area contributed by atoms with Gasteiger partial charge in [0.1, 0.15) is 5.58 Å². The van der Waals surface area contributed by atoms with E-state index in [2.05, 4.69) is 53.1 Å². The van der Waals surface area contributed by atoms with Gasteiger partial charge in [-0.25, -0.2) is 0 Å². The van der Waals surface area contributed by atoms with Crippen molar-refractivity contribution >= 4 is 11.0 Å². The van der Waals surface area contributed by atoms with Crippen LogP contribution in [0, 0.1) is 11.3 Å². The van der Waals surface area contributed by atoms with Gasteiger partial charge in [-0.1, -0.05) is 42.5 Å². The van der Waals surface area contributed by atoms with Crippen molar-refractivity contribution in [2.24, 2.45) is 0 Å². The lowest BCUT2D eigenvalue weighted by Crippen LogP contribution is -2.30. The molecule has 1 aromatic heterocycles. The Morgan fingerprint density at radius 1 is 1.00 bits per heavy atom. The Morgan fingerprint density at radius 2 is 1.77 bits per heavy atom. The highest BCUT2D eigenvalue weighted by molar-refractivity contribution is 5.95. The lowest BCUT2D eigenvalue weighted by molar-refractivity contribution is 0.541. The summed E-state index contributed by atoms with van der Waals surface area (Å²) in [5.74, 6) is 0. The van der Waals surface area contributed by atoms with Crippen LogP contribution in [0.3, 0.4) is 0 Å². The number of hydrogen-bond donors (Lipinski definition) is 2. The molecule has 148 valence electrons. The molecule has 3 aromatic carbocycles. The molecule has 1 atom stereocenters. The van der Waals surface area contributed by atoms with E-state index in [1.54, 1.807) is 0 Å². The van der Waals surface area contributed by atoms with E-state index in [9.17, 15) is 0 Å². The van der Waals surface area contributed by atoms with E-state index in [1.165, 1.54) is 5.56 Å². The standard InChI is InChI=1S/C26H23N3O/c27-14-18-6-8-20(9-7-18)23-12-25-21(15-29-22-10-11-28-16-22)17-30-26(25)13-24(23)19-4-2-1-3-5-19/h1-9,12-13,17,22,28-29H,10-11,15-16H2. The molecule has 4 heteroatoms. The predicted octanol–water partition coefficient (Wildman–Crippen LogP) is 5.09. The van der Waals surface area contributed by atoms with Gasteiger partial charge in [0.25, 0.3) is 0 Å². The molecule has 5 rings (SSSR count). The number of nitrogens with zero attached hydrogens (tertiary/aromatic N) is 1. The van der Waals surface area contributed by atoms with Gasteiger partial charge < -0.3 is 15.1 Å². The Balaban J connectivity index is 1.59. The van der Waals surface area contributed by atoms with Gasteiger partial charge in [-0.05, 0) is 59.5 Å². The first-order chi connectivity index (χ1) is 14.8. The molecule has 2 heterocycles. The van der Waals surface area contributed by atoms with Crippen molar-refractivity contribution in [1.29, 1.82) is 5.26 Å². The topological polar surface area (TPSA) is 61.0 Å². The number of furan rings is 1. The lowest BCUT2D eigenvalue weighted by Gasteiger charge is -2.13. The van der Waals surface area contributed by atoms with Crippen molar-refractivity contribution in [3.63, 3.8) is 0 Å². The maximum atomic E-state index is 9.16. The van der Waals surface area contributed by atoms with Crippen LogP contribution in [0.2, 0.25) is 0 Å². The molecule has 1 aliphatic heterocycles. The lowest BCUT2D eigenvalue weighted by atomic mass is 9.92. The van der Waals surface area contributed by atoms with Gasteiger partial charge in [0, 0.05) is 30.1 Å². The fraction of sp³-hybridized carbons (Fsp3) is 0.192. The van der Waals surface area contributed by atoms with Crippen LogP contribution in [0.25, 0.3) is 33.2 Å². The van der Waals surface area contributed by atoms with E-state index >= 15 is 0 Å². The molecule has 0 spiro atoms. The summed E-state index contributed by atoms with van der Waals surface area (Å²) >= 11 is 0. The molecule has 30 heavy (non-hydrogen) atoms. The number of rotatable bonds is 5. The predicted molar refractivity (Wildman–Crippen MR) is 120 cm³/mol. The molecule has 0 aliphatic carbocycles. The van der Waals surface area contributed by atoms with Crippen molar-refractivity contribution in [2.45, 2.75) is 19.0 Å².